The first-order valence-corrected chi connectivity index (χ1v) is 7.52. The molecule has 1 fully saturated rings. The van der Waals surface area contributed by atoms with Gasteiger partial charge in [-0.25, -0.2) is 0 Å². The number of carboxylic acid groups (broad SMARTS) is 1. The van der Waals surface area contributed by atoms with Gasteiger partial charge in [0.25, 0.3) is 5.91 Å². The zero-order valence-corrected chi connectivity index (χ0v) is 12.7. The third-order valence-electron chi connectivity index (χ3n) is 4.20. The Morgan fingerprint density at radius 3 is 2.67 bits per heavy atom. The summed E-state index contributed by atoms with van der Waals surface area (Å²) in [6.07, 6.45) is 7.51. The maximum absolute atomic E-state index is 12.4. The largest absolute Gasteiger partial charge is 0.481 e. The van der Waals surface area contributed by atoms with Crippen molar-refractivity contribution in [1.82, 2.24) is 14.7 Å². The summed E-state index contributed by atoms with van der Waals surface area (Å²) in [6, 6.07) is 0.393. The average Bonchev–Trinajstić information content (AvgIpc) is 2.86. The molecule has 116 valence electrons. The molecule has 0 spiro atoms. The predicted octanol–water partition coefficient (Wildman–Crippen LogP) is 2.24. The van der Waals surface area contributed by atoms with Crippen molar-refractivity contribution >= 4 is 11.9 Å². The molecule has 0 radical (unpaired) electrons. The van der Waals surface area contributed by atoms with E-state index >= 15 is 0 Å². The Hall–Kier alpha value is -1.85. The van der Waals surface area contributed by atoms with Gasteiger partial charge in [0.05, 0.1) is 24.2 Å². The number of nitrogens with zero attached hydrogens (tertiary/aromatic N) is 3. The Labute approximate surface area is 124 Å². The highest BCUT2D eigenvalue weighted by molar-refractivity contribution is 5.95. The van der Waals surface area contributed by atoms with Crippen LogP contribution in [0.2, 0.25) is 0 Å². The average molecular weight is 293 g/mol. The summed E-state index contributed by atoms with van der Waals surface area (Å²) in [5.74, 6) is -1.06. The molecule has 1 aliphatic carbocycles. The van der Waals surface area contributed by atoms with Crippen molar-refractivity contribution in [2.24, 2.45) is 0 Å². The second-order valence-electron chi connectivity index (χ2n) is 5.75. The molecule has 1 heterocycles. The summed E-state index contributed by atoms with van der Waals surface area (Å²) in [4.78, 5) is 24.4. The van der Waals surface area contributed by atoms with Gasteiger partial charge in [-0.3, -0.25) is 14.3 Å². The predicted molar refractivity (Wildman–Crippen MR) is 78.3 cm³/mol. The molecule has 0 saturated heterocycles. The normalized spacial score (nSPS) is 15.9. The highest BCUT2D eigenvalue weighted by Crippen LogP contribution is 2.29. The Bertz CT molecular complexity index is 518. The lowest BCUT2D eigenvalue weighted by Crippen LogP contribution is -2.29. The maximum Gasteiger partial charge on any atom is 0.305 e. The van der Waals surface area contributed by atoms with E-state index in [2.05, 4.69) is 5.10 Å². The van der Waals surface area contributed by atoms with Crippen LogP contribution in [0.25, 0.3) is 0 Å². The Balaban J connectivity index is 2.08. The molecule has 1 N–H and O–H groups in total. The Kier molecular flexibility index (Phi) is 4.98. The molecule has 1 aromatic rings. The van der Waals surface area contributed by atoms with E-state index in [1.54, 1.807) is 13.2 Å². The molecule has 6 heteroatoms. The van der Waals surface area contributed by atoms with E-state index in [0.29, 0.717) is 11.6 Å². The van der Waals surface area contributed by atoms with Gasteiger partial charge in [-0.15, -0.1) is 0 Å². The van der Waals surface area contributed by atoms with Crippen molar-refractivity contribution in [2.75, 3.05) is 13.6 Å². The van der Waals surface area contributed by atoms with Crippen molar-refractivity contribution in [3.8, 4) is 0 Å². The lowest BCUT2D eigenvalue weighted by molar-refractivity contribution is -0.137. The molecule has 1 aliphatic rings. The molecular weight excluding hydrogens is 270 g/mol. The molecular formula is C15H23N3O3. The standard InChI is InChI=1S/C15H23N3O3/c1-11-13(15(21)17(2)9-8-14(19)20)10-16-18(11)12-6-4-3-5-7-12/h10,12H,3-9H2,1-2H3,(H,19,20). The third-order valence-corrected chi connectivity index (χ3v) is 4.20. The van der Waals surface area contributed by atoms with Gasteiger partial charge in [0.15, 0.2) is 0 Å². The van der Waals surface area contributed by atoms with Crippen LogP contribution in [0.3, 0.4) is 0 Å². The summed E-state index contributed by atoms with van der Waals surface area (Å²) < 4.78 is 1.97. The molecule has 0 bridgehead atoms. The smallest absolute Gasteiger partial charge is 0.305 e. The monoisotopic (exact) mass is 293 g/mol. The van der Waals surface area contributed by atoms with E-state index in [0.717, 1.165) is 18.5 Å². The van der Waals surface area contributed by atoms with Crippen LogP contribution in [0.5, 0.6) is 0 Å². The zero-order valence-electron chi connectivity index (χ0n) is 12.7. The molecule has 0 unspecified atom stereocenters. The Morgan fingerprint density at radius 2 is 2.05 bits per heavy atom. The van der Waals surface area contributed by atoms with E-state index in [1.807, 2.05) is 11.6 Å². The summed E-state index contributed by atoms with van der Waals surface area (Å²) in [5, 5.41) is 13.1. The van der Waals surface area contributed by atoms with E-state index in [1.165, 1.54) is 24.2 Å². The van der Waals surface area contributed by atoms with Crippen LogP contribution < -0.4 is 0 Å². The first-order chi connectivity index (χ1) is 10.0. The summed E-state index contributed by atoms with van der Waals surface area (Å²) in [5.41, 5.74) is 1.46. The molecule has 0 aromatic carbocycles. The van der Waals surface area contributed by atoms with Gasteiger partial charge in [-0.2, -0.15) is 5.10 Å². The van der Waals surface area contributed by atoms with E-state index in [9.17, 15) is 9.59 Å². The molecule has 21 heavy (non-hydrogen) atoms. The molecule has 1 aromatic heterocycles. The molecule has 1 amide bonds. The van der Waals surface area contributed by atoms with Crippen molar-refractivity contribution in [1.29, 1.82) is 0 Å². The summed E-state index contributed by atoms with van der Waals surface area (Å²) in [7, 11) is 1.63. The first-order valence-electron chi connectivity index (χ1n) is 7.52. The molecule has 0 atom stereocenters. The van der Waals surface area contributed by atoms with Crippen molar-refractivity contribution in [3.05, 3.63) is 17.5 Å². The number of carbonyl (C=O) groups excluding carboxylic acids is 1. The lowest BCUT2D eigenvalue weighted by atomic mass is 9.95. The van der Waals surface area contributed by atoms with Gasteiger partial charge >= 0.3 is 5.97 Å². The highest BCUT2D eigenvalue weighted by atomic mass is 16.4. The van der Waals surface area contributed by atoms with Crippen LogP contribution in [0.4, 0.5) is 0 Å². The molecule has 6 nitrogen and oxygen atoms in total. The first kappa shape index (κ1) is 15.5. The van der Waals surface area contributed by atoms with Crippen LogP contribution in [-0.4, -0.2) is 45.3 Å². The number of aromatic nitrogens is 2. The van der Waals surface area contributed by atoms with Crippen molar-refractivity contribution in [3.63, 3.8) is 0 Å². The van der Waals surface area contributed by atoms with Gasteiger partial charge in [-0.05, 0) is 19.8 Å². The fraction of sp³-hybridized carbons (Fsp3) is 0.667. The Morgan fingerprint density at radius 1 is 1.38 bits per heavy atom. The maximum atomic E-state index is 12.4. The second-order valence-corrected chi connectivity index (χ2v) is 5.75. The number of aliphatic carboxylic acids is 1. The van der Waals surface area contributed by atoms with Crippen LogP contribution in [0.1, 0.15) is 60.6 Å². The topological polar surface area (TPSA) is 75.4 Å². The number of carbonyl (C=O) groups is 2. The van der Waals surface area contributed by atoms with Gasteiger partial charge in [-0.1, -0.05) is 19.3 Å². The van der Waals surface area contributed by atoms with Gasteiger partial charge in [0.2, 0.25) is 0 Å². The van der Waals surface area contributed by atoms with Crippen molar-refractivity contribution < 1.29 is 14.7 Å². The minimum absolute atomic E-state index is 0.0436. The fourth-order valence-corrected chi connectivity index (χ4v) is 2.90. The number of hydrogen-bond donors (Lipinski definition) is 1. The number of hydrogen-bond acceptors (Lipinski definition) is 3. The van der Waals surface area contributed by atoms with E-state index in [4.69, 9.17) is 5.11 Å². The molecule has 1 saturated carbocycles. The number of rotatable bonds is 5. The van der Waals surface area contributed by atoms with E-state index in [-0.39, 0.29) is 18.9 Å². The highest BCUT2D eigenvalue weighted by Gasteiger charge is 2.23. The van der Waals surface area contributed by atoms with Crippen LogP contribution in [0.15, 0.2) is 6.20 Å². The van der Waals surface area contributed by atoms with E-state index < -0.39 is 5.97 Å². The van der Waals surface area contributed by atoms with Gasteiger partial charge in [0.1, 0.15) is 0 Å². The summed E-state index contributed by atoms with van der Waals surface area (Å²) in [6.45, 7) is 2.13. The van der Waals surface area contributed by atoms with Crippen LogP contribution in [0, 0.1) is 6.92 Å². The van der Waals surface area contributed by atoms with Crippen LogP contribution in [-0.2, 0) is 4.79 Å². The minimum atomic E-state index is -0.899. The van der Waals surface area contributed by atoms with Gasteiger partial charge < -0.3 is 10.0 Å². The van der Waals surface area contributed by atoms with Crippen LogP contribution >= 0.6 is 0 Å². The summed E-state index contributed by atoms with van der Waals surface area (Å²) >= 11 is 0. The number of amides is 1. The minimum Gasteiger partial charge on any atom is -0.481 e. The number of carboxylic acids is 1. The zero-order chi connectivity index (χ0) is 15.4. The van der Waals surface area contributed by atoms with Crippen molar-refractivity contribution in [2.45, 2.75) is 51.5 Å². The SMILES string of the molecule is Cc1c(C(=O)N(C)CCC(=O)O)cnn1C1CCCCC1. The van der Waals surface area contributed by atoms with Gasteiger partial charge in [0, 0.05) is 19.3 Å². The molecule has 2 rings (SSSR count). The second kappa shape index (κ2) is 6.74. The fourth-order valence-electron chi connectivity index (χ4n) is 2.90. The third kappa shape index (κ3) is 3.62. The lowest BCUT2D eigenvalue weighted by Gasteiger charge is -2.23. The quantitative estimate of drug-likeness (QED) is 0.903. The molecule has 0 aliphatic heterocycles.